The smallest absolute Gasteiger partial charge is 0.120 e. The highest BCUT2D eigenvalue weighted by molar-refractivity contribution is 5.93. The van der Waals surface area contributed by atoms with Gasteiger partial charge < -0.3 is 9.72 Å². The Hall–Kier alpha value is -2.52. The van der Waals surface area contributed by atoms with Crippen LogP contribution in [0, 0.1) is 0 Å². The van der Waals surface area contributed by atoms with E-state index >= 15 is 0 Å². The molecule has 1 aliphatic rings. The summed E-state index contributed by atoms with van der Waals surface area (Å²) in [6.45, 7) is 5.84. The van der Waals surface area contributed by atoms with Gasteiger partial charge in [0.15, 0.2) is 0 Å². The third-order valence-electron chi connectivity index (χ3n) is 4.85. The minimum atomic E-state index is 0.697. The van der Waals surface area contributed by atoms with E-state index in [1.807, 2.05) is 13.0 Å². The molecular weight excluding hydrogens is 308 g/mol. The Kier molecular flexibility index (Phi) is 4.57. The minimum Gasteiger partial charge on any atom is -0.494 e. The molecule has 1 aliphatic heterocycles. The molecule has 1 aromatic heterocycles. The molecule has 128 valence electrons. The van der Waals surface area contributed by atoms with Crippen molar-refractivity contribution in [3.63, 3.8) is 0 Å². The number of fused-ring (bicyclic) bond motifs is 1. The summed E-state index contributed by atoms with van der Waals surface area (Å²) in [5, 5.41) is 1.26. The molecule has 0 saturated carbocycles. The average molecular weight is 332 g/mol. The molecule has 0 atom stereocenters. The fraction of sp³-hybridized carbons (Fsp3) is 0.273. The van der Waals surface area contributed by atoms with Crippen molar-refractivity contribution in [1.82, 2.24) is 9.88 Å². The van der Waals surface area contributed by atoms with E-state index in [1.165, 1.54) is 27.6 Å². The first-order chi connectivity index (χ1) is 12.3. The predicted molar refractivity (Wildman–Crippen MR) is 104 cm³/mol. The Bertz CT molecular complexity index is 879. The lowest BCUT2D eigenvalue weighted by molar-refractivity contribution is 0.294. The summed E-state index contributed by atoms with van der Waals surface area (Å²) in [7, 11) is 0. The van der Waals surface area contributed by atoms with E-state index in [1.54, 1.807) is 0 Å². The maximum absolute atomic E-state index is 5.67. The van der Waals surface area contributed by atoms with Gasteiger partial charge in [-0.2, -0.15) is 0 Å². The molecule has 4 rings (SSSR count). The number of hydrogen-bond acceptors (Lipinski definition) is 2. The lowest BCUT2D eigenvalue weighted by Crippen LogP contribution is -2.27. The molecule has 0 saturated heterocycles. The van der Waals surface area contributed by atoms with Crippen molar-refractivity contribution in [2.75, 3.05) is 19.7 Å². The first kappa shape index (κ1) is 16.0. The summed E-state index contributed by atoms with van der Waals surface area (Å²) in [5.74, 6) is 0.943. The van der Waals surface area contributed by atoms with E-state index in [0.717, 1.165) is 31.8 Å². The molecule has 3 nitrogen and oxygen atoms in total. The number of aromatic nitrogens is 1. The fourth-order valence-corrected chi connectivity index (χ4v) is 3.56. The molecule has 0 aliphatic carbocycles. The molecule has 2 heterocycles. The van der Waals surface area contributed by atoms with Gasteiger partial charge in [0.2, 0.25) is 0 Å². The molecule has 3 heteroatoms. The van der Waals surface area contributed by atoms with Crippen molar-refractivity contribution in [3.05, 3.63) is 71.9 Å². The fourth-order valence-electron chi connectivity index (χ4n) is 3.56. The Morgan fingerprint density at radius 1 is 1.12 bits per heavy atom. The number of nitrogens with zero attached hydrogens (tertiary/aromatic N) is 1. The number of nitrogens with one attached hydrogen (secondary N) is 1. The Balaban J connectivity index is 1.53. The number of H-pyrrole nitrogens is 1. The average Bonchev–Trinajstić information content (AvgIpc) is 3.07. The Morgan fingerprint density at radius 2 is 2.00 bits per heavy atom. The van der Waals surface area contributed by atoms with Crippen molar-refractivity contribution < 1.29 is 4.74 Å². The van der Waals surface area contributed by atoms with Gasteiger partial charge in [-0.25, -0.2) is 0 Å². The number of aromatic amines is 1. The van der Waals surface area contributed by atoms with Crippen LogP contribution in [0.1, 0.15) is 24.5 Å². The first-order valence-corrected chi connectivity index (χ1v) is 9.03. The summed E-state index contributed by atoms with van der Waals surface area (Å²) < 4.78 is 5.67. The molecule has 0 bridgehead atoms. The summed E-state index contributed by atoms with van der Waals surface area (Å²) in [6.07, 6.45) is 5.60. The van der Waals surface area contributed by atoms with Crippen molar-refractivity contribution in [2.45, 2.75) is 19.9 Å². The second-order valence-corrected chi connectivity index (χ2v) is 6.54. The lowest BCUT2D eigenvalue weighted by atomic mass is 9.98. The minimum absolute atomic E-state index is 0.697. The molecule has 0 radical (unpaired) electrons. The SMILES string of the molecule is CCOc1ccc2[nH]cc(C3=CCN(Cc4ccccc4)CC3)c2c1. The summed E-state index contributed by atoms with van der Waals surface area (Å²) >= 11 is 0. The molecule has 0 amide bonds. The predicted octanol–water partition coefficient (Wildman–Crippen LogP) is 4.86. The summed E-state index contributed by atoms with van der Waals surface area (Å²) in [5.41, 5.74) is 5.30. The highest BCUT2D eigenvalue weighted by Crippen LogP contribution is 2.31. The highest BCUT2D eigenvalue weighted by atomic mass is 16.5. The van der Waals surface area contributed by atoms with Crippen LogP contribution < -0.4 is 4.74 Å². The van der Waals surface area contributed by atoms with Crippen molar-refractivity contribution in [1.29, 1.82) is 0 Å². The first-order valence-electron chi connectivity index (χ1n) is 9.03. The molecule has 25 heavy (non-hydrogen) atoms. The zero-order chi connectivity index (χ0) is 17.1. The Labute approximate surface area is 148 Å². The maximum atomic E-state index is 5.67. The van der Waals surface area contributed by atoms with Crippen molar-refractivity contribution in [2.24, 2.45) is 0 Å². The summed E-state index contributed by atoms with van der Waals surface area (Å²) in [4.78, 5) is 5.90. The second-order valence-electron chi connectivity index (χ2n) is 6.54. The van der Waals surface area contributed by atoms with E-state index in [9.17, 15) is 0 Å². The largest absolute Gasteiger partial charge is 0.494 e. The van der Waals surface area contributed by atoms with Gasteiger partial charge in [0.25, 0.3) is 0 Å². The van der Waals surface area contributed by atoms with Crippen LogP contribution in [0.3, 0.4) is 0 Å². The van der Waals surface area contributed by atoms with Crippen LogP contribution in [-0.4, -0.2) is 29.6 Å². The van der Waals surface area contributed by atoms with Gasteiger partial charge in [-0.05, 0) is 42.7 Å². The van der Waals surface area contributed by atoms with E-state index in [-0.39, 0.29) is 0 Å². The van der Waals surface area contributed by atoms with Crippen LogP contribution in [0.5, 0.6) is 5.75 Å². The molecule has 0 spiro atoms. The van der Waals surface area contributed by atoms with Crippen LogP contribution >= 0.6 is 0 Å². The standard InChI is InChI=1S/C22H24N2O/c1-2-25-19-8-9-22-20(14-19)21(15-23-22)18-10-12-24(13-11-18)16-17-6-4-3-5-7-17/h3-10,14-15,23H,2,11-13,16H2,1H3. The van der Waals surface area contributed by atoms with Gasteiger partial charge in [0.05, 0.1) is 6.61 Å². The van der Waals surface area contributed by atoms with Gasteiger partial charge in [0.1, 0.15) is 5.75 Å². The van der Waals surface area contributed by atoms with Crippen molar-refractivity contribution in [3.8, 4) is 5.75 Å². The number of benzene rings is 2. The van der Waals surface area contributed by atoms with E-state index < -0.39 is 0 Å². The molecule has 2 aromatic carbocycles. The molecular formula is C22H24N2O. The van der Waals surface area contributed by atoms with Gasteiger partial charge >= 0.3 is 0 Å². The van der Waals surface area contributed by atoms with Gasteiger partial charge in [-0.1, -0.05) is 36.4 Å². The molecule has 1 N–H and O–H groups in total. The Morgan fingerprint density at radius 3 is 2.76 bits per heavy atom. The maximum Gasteiger partial charge on any atom is 0.120 e. The van der Waals surface area contributed by atoms with E-state index in [0.29, 0.717) is 6.61 Å². The highest BCUT2D eigenvalue weighted by Gasteiger charge is 2.16. The normalized spacial score (nSPS) is 15.3. The van der Waals surface area contributed by atoms with Gasteiger partial charge in [-0.15, -0.1) is 0 Å². The van der Waals surface area contributed by atoms with E-state index in [4.69, 9.17) is 4.74 Å². The third-order valence-corrected chi connectivity index (χ3v) is 4.85. The zero-order valence-corrected chi connectivity index (χ0v) is 14.7. The van der Waals surface area contributed by atoms with E-state index in [2.05, 4.69) is 64.6 Å². The van der Waals surface area contributed by atoms with Gasteiger partial charge in [-0.3, -0.25) is 4.90 Å². The van der Waals surface area contributed by atoms with Crippen molar-refractivity contribution >= 4 is 16.5 Å². The van der Waals surface area contributed by atoms with Crippen LogP contribution in [0.25, 0.3) is 16.5 Å². The van der Waals surface area contributed by atoms with Crippen LogP contribution in [0.15, 0.2) is 60.8 Å². The number of ether oxygens (including phenoxy) is 1. The topological polar surface area (TPSA) is 28.3 Å². The number of rotatable bonds is 5. The summed E-state index contributed by atoms with van der Waals surface area (Å²) in [6, 6.07) is 17.0. The molecule has 0 fully saturated rings. The monoisotopic (exact) mass is 332 g/mol. The number of hydrogen-bond donors (Lipinski definition) is 1. The lowest BCUT2D eigenvalue weighted by Gasteiger charge is -2.26. The zero-order valence-electron chi connectivity index (χ0n) is 14.7. The second kappa shape index (κ2) is 7.16. The third kappa shape index (κ3) is 3.47. The quantitative estimate of drug-likeness (QED) is 0.723. The van der Waals surface area contributed by atoms with Crippen LogP contribution in [0.4, 0.5) is 0 Å². The molecule has 0 unspecified atom stereocenters. The van der Waals surface area contributed by atoms with Crippen LogP contribution in [-0.2, 0) is 6.54 Å². The van der Waals surface area contributed by atoms with Gasteiger partial charge in [0, 0.05) is 42.3 Å². The molecule has 3 aromatic rings. The van der Waals surface area contributed by atoms with Crippen LogP contribution in [0.2, 0.25) is 0 Å².